The van der Waals surface area contributed by atoms with Crippen LogP contribution < -0.4 is 5.32 Å². The Morgan fingerprint density at radius 1 is 0.828 bits per heavy atom. The molecule has 3 aromatic carbocycles. The minimum atomic E-state index is -1.42. The van der Waals surface area contributed by atoms with Crippen molar-refractivity contribution in [2.75, 3.05) is 0 Å². The van der Waals surface area contributed by atoms with Crippen LogP contribution in [-0.2, 0) is 9.59 Å². The Morgan fingerprint density at radius 3 is 1.90 bits per heavy atom. The van der Waals surface area contributed by atoms with Crippen molar-refractivity contribution < 1.29 is 19.8 Å². The van der Waals surface area contributed by atoms with Gasteiger partial charge >= 0.3 is 5.97 Å². The van der Waals surface area contributed by atoms with Gasteiger partial charge in [0.25, 0.3) is 0 Å². The standard InChI is InChI=1S/C24H21NO4/c26-21(25-22(24(28)29)23(27)15-8-2-1-3-9-15)14-20-18-12-6-4-10-16(18)17-11-5-7-13-19(17)20/h1-13,20,22-23,27H,14H2,(H,25,26)(H,28,29). The lowest BCUT2D eigenvalue weighted by atomic mass is 9.93. The Bertz CT molecular complexity index is 1000. The minimum Gasteiger partial charge on any atom is -0.480 e. The first-order chi connectivity index (χ1) is 14.1. The van der Waals surface area contributed by atoms with Crippen LogP contribution in [0.25, 0.3) is 11.1 Å². The zero-order chi connectivity index (χ0) is 20.4. The van der Waals surface area contributed by atoms with Crippen LogP contribution in [-0.4, -0.2) is 28.1 Å². The highest BCUT2D eigenvalue weighted by atomic mass is 16.4. The molecule has 0 spiro atoms. The fourth-order valence-electron chi connectivity index (χ4n) is 4.02. The van der Waals surface area contributed by atoms with Gasteiger partial charge in [0.15, 0.2) is 6.04 Å². The number of hydrogen-bond acceptors (Lipinski definition) is 3. The molecule has 1 aliphatic carbocycles. The predicted octanol–water partition coefficient (Wildman–Crippen LogP) is 3.49. The molecule has 0 heterocycles. The van der Waals surface area contributed by atoms with Crippen molar-refractivity contribution >= 4 is 11.9 Å². The van der Waals surface area contributed by atoms with E-state index in [1.807, 2.05) is 48.5 Å². The van der Waals surface area contributed by atoms with Gasteiger partial charge in [0.1, 0.15) is 6.10 Å². The molecule has 5 nitrogen and oxygen atoms in total. The maximum atomic E-state index is 12.8. The number of aliphatic hydroxyl groups excluding tert-OH is 1. The van der Waals surface area contributed by atoms with E-state index in [0.717, 1.165) is 22.3 Å². The lowest BCUT2D eigenvalue weighted by molar-refractivity contribution is -0.145. The molecule has 29 heavy (non-hydrogen) atoms. The number of carboxylic acid groups (broad SMARTS) is 1. The molecule has 2 atom stereocenters. The number of rotatable bonds is 6. The largest absolute Gasteiger partial charge is 0.480 e. The van der Waals surface area contributed by atoms with E-state index in [9.17, 15) is 19.8 Å². The van der Waals surface area contributed by atoms with E-state index in [1.165, 1.54) is 0 Å². The Balaban J connectivity index is 1.55. The Hall–Kier alpha value is -3.44. The molecular formula is C24H21NO4. The molecule has 146 valence electrons. The Kier molecular flexibility index (Phi) is 5.14. The van der Waals surface area contributed by atoms with Gasteiger partial charge in [0.2, 0.25) is 5.91 Å². The molecule has 1 aliphatic rings. The molecule has 3 aromatic rings. The van der Waals surface area contributed by atoms with E-state index < -0.39 is 24.0 Å². The number of hydrogen-bond donors (Lipinski definition) is 3. The average Bonchev–Trinajstić information content (AvgIpc) is 3.06. The molecule has 3 N–H and O–H groups in total. The number of aliphatic carboxylic acids is 1. The van der Waals surface area contributed by atoms with Crippen molar-refractivity contribution in [2.45, 2.75) is 24.5 Å². The second kappa shape index (κ2) is 7.89. The van der Waals surface area contributed by atoms with E-state index in [1.54, 1.807) is 30.3 Å². The highest BCUT2D eigenvalue weighted by Crippen LogP contribution is 2.46. The summed E-state index contributed by atoms with van der Waals surface area (Å²) in [5.41, 5.74) is 4.75. The number of nitrogens with one attached hydrogen (secondary N) is 1. The number of carbonyl (C=O) groups is 2. The molecule has 0 saturated heterocycles. The van der Waals surface area contributed by atoms with Crippen molar-refractivity contribution in [2.24, 2.45) is 0 Å². The second-order valence-corrected chi connectivity index (χ2v) is 7.17. The van der Waals surface area contributed by atoms with Gasteiger partial charge in [-0.15, -0.1) is 0 Å². The summed E-state index contributed by atoms with van der Waals surface area (Å²) in [6.45, 7) is 0. The van der Waals surface area contributed by atoms with Gasteiger partial charge in [0.05, 0.1) is 0 Å². The Morgan fingerprint density at radius 2 is 1.34 bits per heavy atom. The molecule has 2 unspecified atom stereocenters. The Labute approximate surface area is 168 Å². The molecule has 4 rings (SSSR count). The third-order valence-electron chi connectivity index (χ3n) is 5.39. The third-order valence-corrected chi connectivity index (χ3v) is 5.39. The SMILES string of the molecule is O=C(CC1c2ccccc2-c2ccccc21)NC(C(=O)O)C(O)c1ccccc1. The van der Waals surface area contributed by atoms with Crippen LogP contribution in [0.2, 0.25) is 0 Å². The molecular weight excluding hydrogens is 366 g/mol. The summed E-state index contributed by atoms with van der Waals surface area (Å²) < 4.78 is 0. The van der Waals surface area contributed by atoms with Crippen molar-refractivity contribution in [3.05, 3.63) is 95.6 Å². The van der Waals surface area contributed by atoms with Crippen LogP contribution in [0, 0.1) is 0 Å². The first-order valence-electron chi connectivity index (χ1n) is 9.49. The topological polar surface area (TPSA) is 86.6 Å². The third kappa shape index (κ3) is 3.65. The molecule has 0 aliphatic heterocycles. The highest BCUT2D eigenvalue weighted by Gasteiger charge is 2.33. The fraction of sp³-hybridized carbons (Fsp3) is 0.167. The van der Waals surface area contributed by atoms with E-state index in [2.05, 4.69) is 5.32 Å². The lowest BCUT2D eigenvalue weighted by Crippen LogP contribution is -2.45. The number of fused-ring (bicyclic) bond motifs is 3. The van der Waals surface area contributed by atoms with Crippen molar-refractivity contribution in [1.29, 1.82) is 0 Å². The van der Waals surface area contributed by atoms with Crippen LogP contribution >= 0.6 is 0 Å². The van der Waals surface area contributed by atoms with E-state index >= 15 is 0 Å². The summed E-state index contributed by atoms with van der Waals surface area (Å²) in [6.07, 6.45) is -1.22. The van der Waals surface area contributed by atoms with E-state index in [4.69, 9.17) is 0 Å². The van der Waals surface area contributed by atoms with Gasteiger partial charge in [0, 0.05) is 12.3 Å². The molecule has 0 aromatic heterocycles. The number of benzene rings is 3. The first kappa shape index (κ1) is 18.9. The molecule has 1 amide bonds. The zero-order valence-corrected chi connectivity index (χ0v) is 15.7. The fourth-order valence-corrected chi connectivity index (χ4v) is 4.02. The lowest BCUT2D eigenvalue weighted by Gasteiger charge is -2.22. The van der Waals surface area contributed by atoms with Crippen LogP contribution in [0.4, 0.5) is 0 Å². The summed E-state index contributed by atoms with van der Waals surface area (Å²) >= 11 is 0. The quantitative estimate of drug-likeness (QED) is 0.604. The molecule has 5 heteroatoms. The van der Waals surface area contributed by atoms with Gasteiger partial charge in [-0.1, -0.05) is 78.9 Å². The monoisotopic (exact) mass is 387 g/mol. The van der Waals surface area contributed by atoms with E-state index in [-0.39, 0.29) is 12.3 Å². The van der Waals surface area contributed by atoms with E-state index in [0.29, 0.717) is 5.56 Å². The average molecular weight is 387 g/mol. The van der Waals surface area contributed by atoms with Crippen molar-refractivity contribution in [1.82, 2.24) is 5.32 Å². The first-order valence-corrected chi connectivity index (χ1v) is 9.49. The highest BCUT2D eigenvalue weighted by molar-refractivity contribution is 5.87. The summed E-state index contributed by atoms with van der Waals surface area (Å²) in [5.74, 6) is -1.84. The molecule has 0 fully saturated rings. The molecule has 0 bridgehead atoms. The van der Waals surface area contributed by atoms with Gasteiger partial charge in [-0.3, -0.25) is 4.79 Å². The summed E-state index contributed by atoms with van der Waals surface area (Å²) in [7, 11) is 0. The van der Waals surface area contributed by atoms with Crippen LogP contribution in [0.3, 0.4) is 0 Å². The molecule has 0 radical (unpaired) electrons. The van der Waals surface area contributed by atoms with Crippen LogP contribution in [0.1, 0.15) is 35.1 Å². The minimum absolute atomic E-state index is 0.110. The summed E-state index contributed by atoms with van der Waals surface area (Å²) in [5, 5.41) is 22.6. The maximum Gasteiger partial charge on any atom is 0.329 e. The van der Waals surface area contributed by atoms with Gasteiger partial charge < -0.3 is 15.5 Å². The van der Waals surface area contributed by atoms with Gasteiger partial charge in [-0.2, -0.15) is 0 Å². The van der Waals surface area contributed by atoms with Crippen LogP contribution in [0.5, 0.6) is 0 Å². The van der Waals surface area contributed by atoms with Crippen molar-refractivity contribution in [3.8, 4) is 11.1 Å². The summed E-state index contributed by atoms with van der Waals surface area (Å²) in [6, 6.07) is 22.9. The number of carboxylic acids is 1. The smallest absolute Gasteiger partial charge is 0.329 e. The normalized spacial score (nSPS) is 14.5. The van der Waals surface area contributed by atoms with Gasteiger partial charge in [-0.25, -0.2) is 4.79 Å². The van der Waals surface area contributed by atoms with Crippen LogP contribution in [0.15, 0.2) is 78.9 Å². The van der Waals surface area contributed by atoms with Crippen molar-refractivity contribution in [3.63, 3.8) is 0 Å². The van der Waals surface area contributed by atoms with Gasteiger partial charge in [-0.05, 0) is 27.8 Å². The second-order valence-electron chi connectivity index (χ2n) is 7.17. The number of aliphatic hydroxyl groups is 1. The summed E-state index contributed by atoms with van der Waals surface area (Å²) in [4.78, 5) is 24.5. The predicted molar refractivity (Wildman–Crippen MR) is 109 cm³/mol. The maximum absolute atomic E-state index is 12.8. The number of amides is 1. The zero-order valence-electron chi connectivity index (χ0n) is 15.7. The molecule has 0 saturated carbocycles. The number of carbonyl (C=O) groups excluding carboxylic acids is 1.